The minimum atomic E-state index is -4.25. The van der Waals surface area contributed by atoms with E-state index in [2.05, 4.69) is 0 Å². The standard InChI is InChI=1S/C14H20F4N2/c1-3-11(19)9-10-5-4-6-12(15)13(10)20(2)8-7-14(16,17)18/h4-6,11H,3,7-9,19H2,1-2H3. The number of nitrogens with two attached hydrogens (primary N) is 1. The third-order valence-electron chi connectivity index (χ3n) is 3.19. The van der Waals surface area contributed by atoms with Crippen LogP contribution in [0.3, 0.4) is 0 Å². The van der Waals surface area contributed by atoms with Crippen LogP contribution in [0, 0.1) is 5.82 Å². The van der Waals surface area contributed by atoms with E-state index in [4.69, 9.17) is 5.73 Å². The molecule has 114 valence electrons. The van der Waals surface area contributed by atoms with Gasteiger partial charge in [0.25, 0.3) is 0 Å². The lowest BCUT2D eigenvalue weighted by Gasteiger charge is -2.24. The molecule has 0 saturated heterocycles. The maximum Gasteiger partial charge on any atom is 0.390 e. The van der Waals surface area contributed by atoms with Crippen molar-refractivity contribution in [3.8, 4) is 0 Å². The molecule has 0 spiro atoms. The summed E-state index contributed by atoms with van der Waals surface area (Å²) in [6.45, 7) is 1.63. The van der Waals surface area contributed by atoms with E-state index < -0.39 is 18.4 Å². The molecule has 0 aliphatic heterocycles. The van der Waals surface area contributed by atoms with E-state index in [1.54, 1.807) is 12.1 Å². The molecule has 0 heterocycles. The van der Waals surface area contributed by atoms with Gasteiger partial charge < -0.3 is 10.6 Å². The van der Waals surface area contributed by atoms with Crippen molar-refractivity contribution in [1.82, 2.24) is 0 Å². The maximum atomic E-state index is 13.9. The Balaban J connectivity index is 2.91. The Bertz CT molecular complexity index is 432. The van der Waals surface area contributed by atoms with Crippen LogP contribution in [0.15, 0.2) is 18.2 Å². The third kappa shape index (κ3) is 5.00. The van der Waals surface area contributed by atoms with Gasteiger partial charge in [-0.3, -0.25) is 0 Å². The molecule has 0 radical (unpaired) electrons. The fourth-order valence-electron chi connectivity index (χ4n) is 1.99. The quantitative estimate of drug-likeness (QED) is 0.813. The SMILES string of the molecule is CCC(N)Cc1cccc(F)c1N(C)CCC(F)(F)F. The Hall–Kier alpha value is -1.30. The van der Waals surface area contributed by atoms with Crippen molar-refractivity contribution in [1.29, 1.82) is 0 Å². The van der Waals surface area contributed by atoms with Crippen molar-refractivity contribution in [2.24, 2.45) is 5.73 Å². The highest BCUT2D eigenvalue weighted by Crippen LogP contribution is 2.27. The van der Waals surface area contributed by atoms with Crippen LogP contribution in [0.2, 0.25) is 0 Å². The first-order chi connectivity index (χ1) is 9.24. The lowest BCUT2D eigenvalue weighted by Crippen LogP contribution is -2.28. The van der Waals surface area contributed by atoms with Gasteiger partial charge in [-0.2, -0.15) is 13.2 Å². The van der Waals surface area contributed by atoms with Gasteiger partial charge in [0.05, 0.1) is 12.1 Å². The van der Waals surface area contributed by atoms with Crippen molar-refractivity contribution in [3.05, 3.63) is 29.6 Å². The Kier molecular flexibility index (Phi) is 5.80. The van der Waals surface area contributed by atoms with Gasteiger partial charge in [0.15, 0.2) is 0 Å². The molecule has 1 atom stereocenters. The first-order valence-corrected chi connectivity index (χ1v) is 6.55. The molecular weight excluding hydrogens is 272 g/mol. The lowest BCUT2D eigenvalue weighted by atomic mass is 10.0. The minimum absolute atomic E-state index is 0.133. The largest absolute Gasteiger partial charge is 0.390 e. The molecule has 0 aliphatic rings. The van der Waals surface area contributed by atoms with Crippen LogP contribution in [0.4, 0.5) is 23.2 Å². The van der Waals surface area contributed by atoms with Gasteiger partial charge in [0.2, 0.25) is 0 Å². The van der Waals surface area contributed by atoms with Crippen molar-refractivity contribution in [3.63, 3.8) is 0 Å². The molecule has 0 bridgehead atoms. The fourth-order valence-corrected chi connectivity index (χ4v) is 1.99. The summed E-state index contributed by atoms with van der Waals surface area (Å²) < 4.78 is 50.7. The highest BCUT2D eigenvalue weighted by Gasteiger charge is 2.28. The van der Waals surface area contributed by atoms with E-state index in [0.29, 0.717) is 12.0 Å². The average Bonchev–Trinajstić information content (AvgIpc) is 2.35. The van der Waals surface area contributed by atoms with E-state index >= 15 is 0 Å². The average molecular weight is 292 g/mol. The summed E-state index contributed by atoms with van der Waals surface area (Å²) in [5, 5.41) is 0. The molecule has 0 aliphatic carbocycles. The molecule has 0 saturated carbocycles. The summed E-state index contributed by atoms with van der Waals surface area (Å²) in [6.07, 6.45) is -4.06. The second-order valence-electron chi connectivity index (χ2n) is 4.91. The third-order valence-corrected chi connectivity index (χ3v) is 3.19. The molecule has 0 fully saturated rings. The van der Waals surface area contributed by atoms with Gasteiger partial charge in [-0.15, -0.1) is 0 Å². The van der Waals surface area contributed by atoms with Crippen LogP contribution < -0.4 is 10.6 Å². The molecule has 1 aromatic rings. The van der Waals surface area contributed by atoms with Crippen molar-refractivity contribution in [2.45, 2.75) is 38.4 Å². The van der Waals surface area contributed by atoms with Crippen LogP contribution in [-0.2, 0) is 6.42 Å². The molecule has 0 amide bonds. The summed E-state index contributed by atoms with van der Waals surface area (Å²) >= 11 is 0. The zero-order valence-corrected chi connectivity index (χ0v) is 11.7. The Labute approximate surface area is 116 Å². The van der Waals surface area contributed by atoms with Crippen LogP contribution in [0.25, 0.3) is 0 Å². The number of nitrogens with zero attached hydrogens (tertiary/aromatic N) is 1. The number of hydrogen-bond donors (Lipinski definition) is 1. The number of para-hydroxylation sites is 1. The van der Waals surface area contributed by atoms with E-state index in [0.717, 1.165) is 6.42 Å². The van der Waals surface area contributed by atoms with Crippen molar-refractivity contribution in [2.75, 3.05) is 18.5 Å². The molecule has 1 aromatic carbocycles. The smallest absolute Gasteiger partial charge is 0.372 e. The van der Waals surface area contributed by atoms with Gasteiger partial charge in [-0.25, -0.2) is 4.39 Å². The van der Waals surface area contributed by atoms with Gasteiger partial charge in [0, 0.05) is 19.6 Å². The second kappa shape index (κ2) is 6.92. The molecule has 2 N–H and O–H groups in total. The fraction of sp³-hybridized carbons (Fsp3) is 0.571. The van der Waals surface area contributed by atoms with Crippen molar-refractivity contribution < 1.29 is 17.6 Å². The molecule has 0 aromatic heterocycles. The van der Waals surface area contributed by atoms with E-state index in [1.807, 2.05) is 6.92 Å². The highest BCUT2D eigenvalue weighted by molar-refractivity contribution is 5.54. The number of halogens is 4. The topological polar surface area (TPSA) is 29.3 Å². The summed E-state index contributed by atoms with van der Waals surface area (Å²) in [5.74, 6) is -0.518. The first-order valence-electron chi connectivity index (χ1n) is 6.55. The molecular formula is C14H20F4N2. The Morgan fingerprint density at radius 3 is 2.50 bits per heavy atom. The molecule has 1 unspecified atom stereocenters. The summed E-state index contributed by atoms with van der Waals surface area (Å²) in [4.78, 5) is 1.31. The molecule has 1 rings (SSSR count). The first kappa shape index (κ1) is 16.8. The summed E-state index contributed by atoms with van der Waals surface area (Å²) in [7, 11) is 1.46. The van der Waals surface area contributed by atoms with Crippen LogP contribution >= 0.6 is 0 Å². The monoisotopic (exact) mass is 292 g/mol. The lowest BCUT2D eigenvalue weighted by molar-refractivity contribution is -0.132. The molecule has 20 heavy (non-hydrogen) atoms. The van der Waals surface area contributed by atoms with Crippen LogP contribution in [0.5, 0.6) is 0 Å². The number of benzene rings is 1. The maximum absolute atomic E-state index is 13.9. The van der Waals surface area contributed by atoms with Gasteiger partial charge in [-0.1, -0.05) is 19.1 Å². The zero-order valence-electron chi connectivity index (χ0n) is 11.7. The van der Waals surface area contributed by atoms with E-state index in [-0.39, 0.29) is 18.3 Å². The van der Waals surface area contributed by atoms with Crippen LogP contribution in [-0.4, -0.2) is 25.8 Å². The normalized spacial score (nSPS) is 13.3. The number of alkyl halides is 3. The molecule has 6 heteroatoms. The highest BCUT2D eigenvalue weighted by atomic mass is 19.4. The molecule has 2 nitrogen and oxygen atoms in total. The van der Waals surface area contributed by atoms with Gasteiger partial charge >= 0.3 is 6.18 Å². The zero-order chi connectivity index (χ0) is 15.3. The Morgan fingerprint density at radius 1 is 1.30 bits per heavy atom. The second-order valence-corrected chi connectivity index (χ2v) is 4.91. The van der Waals surface area contributed by atoms with E-state index in [1.165, 1.54) is 18.0 Å². The summed E-state index contributed by atoms with van der Waals surface area (Å²) in [6, 6.07) is 4.37. The summed E-state index contributed by atoms with van der Waals surface area (Å²) in [5.41, 5.74) is 6.70. The predicted octanol–water partition coefficient (Wildman–Crippen LogP) is 3.49. The Morgan fingerprint density at radius 2 is 1.95 bits per heavy atom. The van der Waals surface area contributed by atoms with Gasteiger partial charge in [0.1, 0.15) is 5.82 Å². The number of anilines is 1. The number of hydrogen-bond acceptors (Lipinski definition) is 2. The number of rotatable bonds is 6. The predicted molar refractivity (Wildman–Crippen MR) is 72.3 cm³/mol. The minimum Gasteiger partial charge on any atom is -0.372 e. The van der Waals surface area contributed by atoms with Gasteiger partial charge in [-0.05, 0) is 24.5 Å². The van der Waals surface area contributed by atoms with Crippen molar-refractivity contribution >= 4 is 5.69 Å². The van der Waals surface area contributed by atoms with E-state index in [9.17, 15) is 17.6 Å². The van der Waals surface area contributed by atoms with Crippen LogP contribution in [0.1, 0.15) is 25.3 Å².